The highest BCUT2D eigenvalue weighted by Gasteiger charge is 2.58. The number of nitrogens with zero attached hydrogens (tertiary/aromatic N) is 3. The number of fused-ring (bicyclic) bond motifs is 1. The zero-order valence-electron chi connectivity index (χ0n) is 20.1. The Morgan fingerprint density at radius 3 is 2.24 bits per heavy atom. The van der Waals surface area contributed by atoms with Crippen LogP contribution in [0.3, 0.4) is 0 Å². The number of anilines is 1. The first-order chi connectivity index (χ1) is 17.7. The summed E-state index contributed by atoms with van der Waals surface area (Å²) in [4.78, 5) is 11.9. The van der Waals surface area contributed by atoms with E-state index in [1.54, 1.807) is 19.1 Å². The highest BCUT2D eigenvalue weighted by atomic mass is 32.2. The second kappa shape index (κ2) is 9.53. The van der Waals surface area contributed by atoms with Crippen molar-refractivity contribution in [3.8, 4) is 12.1 Å². The molecule has 0 spiro atoms. The number of rotatable bonds is 5. The maximum absolute atomic E-state index is 15.3. The number of benzene rings is 3. The summed E-state index contributed by atoms with van der Waals surface area (Å²) < 4.78 is 49.3. The summed E-state index contributed by atoms with van der Waals surface area (Å²) in [5, 5.41) is 20.8. The van der Waals surface area contributed by atoms with Gasteiger partial charge in [-0.15, -0.1) is 6.58 Å². The third-order valence-electron chi connectivity index (χ3n) is 6.57. The van der Waals surface area contributed by atoms with Gasteiger partial charge in [0.2, 0.25) is 0 Å². The van der Waals surface area contributed by atoms with E-state index in [-0.39, 0.29) is 27.3 Å². The van der Waals surface area contributed by atoms with Crippen LogP contribution < -0.4 is 4.31 Å². The Hall–Kier alpha value is -4.47. The van der Waals surface area contributed by atoms with E-state index in [1.165, 1.54) is 61.7 Å². The van der Waals surface area contributed by atoms with Crippen LogP contribution in [0.25, 0.3) is 0 Å². The average molecular weight is 516 g/mol. The monoisotopic (exact) mass is 515 g/mol. The van der Waals surface area contributed by atoms with Gasteiger partial charge in [-0.1, -0.05) is 42.0 Å². The number of allylic oxidation sites excluding steroid dienone is 1. The van der Waals surface area contributed by atoms with Gasteiger partial charge in [0, 0.05) is 11.5 Å². The second-order valence-corrected chi connectivity index (χ2v) is 10.4. The fourth-order valence-electron chi connectivity index (χ4n) is 4.75. The Balaban J connectivity index is 2.10. The molecule has 186 valence electrons. The molecule has 4 rings (SSSR count). The van der Waals surface area contributed by atoms with Crippen LogP contribution in [0.15, 0.2) is 84.3 Å². The van der Waals surface area contributed by atoms with Gasteiger partial charge in [0.25, 0.3) is 10.0 Å². The number of halogens is 1. The number of hydrogen-bond donors (Lipinski definition) is 0. The Morgan fingerprint density at radius 1 is 1.08 bits per heavy atom. The van der Waals surface area contributed by atoms with Crippen molar-refractivity contribution in [3.63, 3.8) is 0 Å². The third kappa shape index (κ3) is 3.94. The molecular weight excluding hydrogens is 493 g/mol. The first kappa shape index (κ1) is 25.6. The summed E-state index contributed by atoms with van der Waals surface area (Å²) in [5.74, 6) is -2.53. The van der Waals surface area contributed by atoms with Crippen molar-refractivity contribution in [1.29, 1.82) is 10.5 Å². The van der Waals surface area contributed by atoms with Crippen LogP contribution in [-0.4, -0.2) is 21.5 Å². The van der Waals surface area contributed by atoms with E-state index in [2.05, 4.69) is 6.58 Å². The molecule has 1 aliphatic heterocycles. The van der Waals surface area contributed by atoms with E-state index in [4.69, 9.17) is 4.74 Å². The zero-order chi connectivity index (χ0) is 27.0. The topological polar surface area (TPSA) is 111 Å². The number of methoxy groups -OCH3 is 1. The van der Waals surface area contributed by atoms with Crippen molar-refractivity contribution in [2.24, 2.45) is 5.41 Å². The fourth-order valence-corrected chi connectivity index (χ4v) is 6.44. The standard InChI is InChI=1S/C28H22FN3O4S/c1-4-22-25-23(29)6-5-7-24(25)32(37(34,35)21-14-8-18(2)9-15-21)26(28(22,16-30)17-31)19-10-12-20(13-11-19)27(33)36-3/h4-15,22,26H,1H2,2-3H3/t22-,26-/m1/s1. The number of carbonyl (C=O) groups is 1. The number of ether oxygens (including phenoxy) is 1. The number of hydrogen-bond acceptors (Lipinski definition) is 6. The van der Waals surface area contributed by atoms with Gasteiger partial charge < -0.3 is 4.74 Å². The predicted molar refractivity (Wildman–Crippen MR) is 134 cm³/mol. The Morgan fingerprint density at radius 2 is 1.70 bits per heavy atom. The van der Waals surface area contributed by atoms with Crippen molar-refractivity contribution in [2.75, 3.05) is 11.4 Å². The van der Waals surface area contributed by atoms with Crippen LogP contribution in [0.1, 0.15) is 39.0 Å². The highest BCUT2D eigenvalue weighted by molar-refractivity contribution is 7.92. The molecular formula is C28H22FN3O4S. The summed E-state index contributed by atoms with van der Waals surface area (Å²) in [6.07, 6.45) is 1.29. The van der Waals surface area contributed by atoms with E-state index in [1.807, 2.05) is 12.1 Å². The van der Waals surface area contributed by atoms with Gasteiger partial charge in [-0.2, -0.15) is 10.5 Å². The van der Waals surface area contributed by atoms with E-state index in [9.17, 15) is 23.7 Å². The van der Waals surface area contributed by atoms with Gasteiger partial charge >= 0.3 is 5.97 Å². The van der Waals surface area contributed by atoms with Crippen LogP contribution in [0, 0.1) is 40.8 Å². The Labute approximate surface area is 214 Å². The number of carbonyl (C=O) groups excluding carboxylic acids is 1. The van der Waals surface area contributed by atoms with Crippen LogP contribution in [0.4, 0.5) is 10.1 Å². The van der Waals surface area contributed by atoms with Crippen molar-refractivity contribution in [3.05, 3.63) is 107 Å². The SMILES string of the molecule is C=C[C@@H]1c2c(F)cccc2N(S(=O)(=O)c2ccc(C)cc2)[C@H](c2ccc(C(=O)OC)cc2)C1(C#N)C#N. The molecule has 0 radical (unpaired) electrons. The first-order valence-electron chi connectivity index (χ1n) is 11.2. The zero-order valence-corrected chi connectivity index (χ0v) is 20.9. The van der Waals surface area contributed by atoms with Crippen molar-refractivity contribution < 1.29 is 22.3 Å². The minimum Gasteiger partial charge on any atom is -0.465 e. The normalized spacial score (nSPS) is 18.1. The number of esters is 1. The Bertz CT molecular complexity index is 1560. The Kier molecular flexibility index (Phi) is 6.60. The molecule has 3 aromatic carbocycles. The molecule has 1 aliphatic rings. The maximum atomic E-state index is 15.3. The van der Waals surface area contributed by atoms with Gasteiger partial charge in [0.15, 0.2) is 5.41 Å². The van der Waals surface area contributed by atoms with Gasteiger partial charge in [0.05, 0.1) is 35.4 Å². The molecule has 37 heavy (non-hydrogen) atoms. The van der Waals surface area contributed by atoms with Crippen LogP contribution >= 0.6 is 0 Å². The summed E-state index contributed by atoms with van der Waals surface area (Å²) in [6.45, 7) is 5.55. The lowest BCUT2D eigenvalue weighted by Crippen LogP contribution is -2.50. The van der Waals surface area contributed by atoms with E-state index in [0.717, 1.165) is 15.9 Å². The lowest BCUT2D eigenvalue weighted by molar-refractivity contribution is 0.0600. The molecule has 3 aromatic rings. The van der Waals surface area contributed by atoms with Crippen molar-refractivity contribution in [1.82, 2.24) is 0 Å². The molecule has 0 N–H and O–H groups in total. The third-order valence-corrected chi connectivity index (χ3v) is 8.36. The lowest BCUT2D eigenvalue weighted by atomic mass is 9.64. The van der Waals surface area contributed by atoms with Gasteiger partial charge in [-0.3, -0.25) is 4.31 Å². The van der Waals surface area contributed by atoms with Gasteiger partial charge in [-0.05, 0) is 48.9 Å². The quantitative estimate of drug-likeness (QED) is 0.342. The first-order valence-corrected chi connectivity index (χ1v) is 12.6. The molecule has 9 heteroatoms. The molecule has 0 fully saturated rings. The molecule has 0 aromatic heterocycles. The molecule has 1 heterocycles. The molecule has 0 unspecified atom stereocenters. The average Bonchev–Trinajstić information content (AvgIpc) is 2.91. The summed E-state index contributed by atoms with van der Waals surface area (Å²) in [5.41, 5.74) is -0.933. The van der Waals surface area contributed by atoms with Crippen molar-refractivity contribution >= 4 is 21.7 Å². The molecule has 2 atom stereocenters. The molecule has 0 saturated heterocycles. The number of aryl methyl sites for hydroxylation is 1. The highest BCUT2D eigenvalue weighted by Crippen LogP contribution is 2.58. The number of sulfonamides is 1. The largest absolute Gasteiger partial charge is 0.465 e. The van der Waals surface area contributed by atoms with E-state index >= 15 is 4.39 Å². The minimum absolute atomic E-state index is 0.00588. The second-order valence-electron chi connectivity index (χ2n) is 8.61. The summed E-state index contributed by atoms with van der Waals surface area (Å²) in [7, 11) is -3.20. The maximum Gasteiger partial charge on any atom is 0.337 e. The van der Waals surface area contributed by atoms with Crippen LogP contribution in [-0.2, 0) is 14.8 Å². The predicted octanol–water partition coefficient (Wildman–Crippen LogP) is 5.17. The number of nitriles is 2. The summed E-state index contributed by atoms with van der Waals surface area (Å²) >= 11 is 0. The van der Waals surface area contributed by atoms with Gasteiger partial charge in [-0.25, -0.2) is 17.6 Å². The molecule has 0 saturated carbocycles. The van der Waals surface area contributed by atoms with E-state index in [0.29, 0.717) is 0 Å². The molecule has 0 bridgehead atoms. The van der Waals surface area contributed by atoms with E-state index < -0.39 is 39.2 Å². The fraction of sp³-hybridized carbons (Fsp3) is 0.179. The lowest BCUT2D eigenvalue weighted by Gasteiger charge is -2.47. The minimum atomic E-state index is -4.42. The smallest absolute Gasteiger partial charge is 0.337 e. The van der Waals surface area contributed by atoms with Crippen LogP contribution in [0.2, 0.25) is 0 Å². The van der Waals surface area contributed by atoms with Crippen molar-refractivity contribution in [2.45, 2.75) is 23.8 Å². The van der Waals surface area contributed by atoms with Gasteiger partial charge in [0.1, 0.15) is 11.9 Å². The molecule has 0 aliphatic carbocycles. The van der Waals surface area contributed by atoms with Crippen LogP contribution in [0.5, 0.6) is 0 Å². The molecule has 0 amide bonds. The summed E-state index contributed by atoms with van der Waals surface area (Å²) in [6, 6.07) is 18.4. The molecule has 7 nitrogen and oxygen atoms in total.